The molecule has 156 valence electrons. The van der Waals surface area contributed by atoms with E-state index in [4.69, 9.17) is 5.26 Å². The molecule has 0 saturated carbocycles. The lowest BCUT2D eigenvalue weighted by Gasteiger charge is -2.31. The minimum atomic E-state index is -0.0625. The lowest BCUT2D eigenvalue weighted by Crippen LogP contribution is -2.27. The van der Waals surface area contributed by atoms with Gasteiger partial charge in [-0.15, -0.1) is 5.11 Å². The van der Waals surface area contributed by atoms with Gasteiger partial charge in [0.15, 0.2) is 0 Å². The van der Waals surface area contributed by atoms with E-state index in [1.807, 2.05) is 38.1 Å². The quantitative estimate of drug-likeness (QED) is 0.461. The van der Waals surface area contributed by atoms with Crippen LogP contribution in [-0.4, -0.2) is 6.04 Å². The molecule has 2 atom stereocenters. The summed E-state index contributed by atoms with van der Waals surface area (Å²) >= 11 is 0. The molecule has 0 saturated heterocycles. The largest absolute Gasteiger partial charge is 0.337 e. The Balaban J connectivity index is 0.00000155. The third-order valence-corrected chi connectivity index (χ3v) is 4.98. The van der Waals surface area contributed by atoms with Gasteiger partial charge in [0.25, 0.3) is 0 Å². The van der Waals surface area contributed by atoms with Crippen LogP contribution in [0.4, 0.5) is 17.1 Å². The molecule has 2 aromatic carbocycles. The third kappa shape index (κ3) is 5.90. The van der Waals surface area contributed by atoms with Gasteiger partial charge in [-0.3, -0.25) is 0 Å². The Kier molecular flexibility index (Phi) is 9.03. The van der Waals surface area contributed by atoms with Crippen LogP contribution < -0.4 is 4.90 Å². The van der Waals surface area contributed by atoms with Crippen LogP contribution >= 0.6 is 0 Å². The van der Waals surface area contributed by atoms with E-state index in [1.165, 1.54) is 0 Å². The van der Waals surface area contributed by atoms with E-state index in [9.17, 15) is 0 Å². The Hall–Kier alpha value is -3.19. The van der Waals surface area contributed by atoms with Crippen LogP contribution in [0.25, 0.3) is 0 Å². The molecule has 0 aromatic heterocycles. The number of nitrogens with zero attached hydrogens (tertiary/aromatic N) is 4. The number of hydrogen-bond donors (Lipinski definition) is 0. The van der Waals surface area contributed by atoms with Gasteiger partial charge in [-0.05, 0) is 62.6 Å². The summed E-state index contributed by atoms with van der Waals surface area (Å²) in [6.45, 7) is 10.5. The number of aryl methyl sites for hydroxylation is 1. The molecule has 2 unspecified atom stereocenters. The van der Waals surface area contributed by atoms with Gasteiger partial charge < -0.3 is 4.90 Å². The standard InChI is InChI=1S/C24H26N4.C2H6/c1-4-19(3)28(22-8-6-5-7-9-22)24-15-10-18(2)16-23(24)27-26-21-13-11-20(17-25)12-14-21;1-2/h5-11,13-16,19-20H,4,12H2,1-3H3;1-2H3. The van der Waals surface area contributed by atoms with E-state index in [-0.39, 0.29) is 5.92 Å². The van der Waals surface area contributed by atoms with Gasteiger partial charge in [-0.1, -0.05) is 57.2 Å². The van der Waals surface area contributed by atoms with Gasteiger partial charge in [0, 0.05) is 11.7 Å². The molecule has 2 aromatic rings. The van der Waals surface area contributed by atoms with Gasteiger partial charge >= 0.3 is 0 Å². The summed E-state index contributed by atoms with van der Waals surface area (Å²) in [6.07, 6.45) is 7.44. The second kappa shape index (κ2) is 11.7. The second-order valence-electron chi connectivity index (χ2n) is 7.11. The first kappa shape index (κ1) is 23.1. The highest BCUT2D eigenvalue weighted by atomic mass is 15.2. The molecular formula is C26H32N4. The van der Waals surface area contributed by atoms with Crippen molar-refractivity contribution >= 4 is 17.1 Å². The van der Waals surface area contributed by atoms with Gasteiger partial charge in [0.05, 0.1) is 23.4 Å². The fourth-order valence-corrected chi connectivity index (χ4v) is 3.21. The fraction of sp³-hybridized carbons (Fsp3) is 0.346. The number of para-hydroxylation sites is 1. The molecule has 4 nitrogen and oxygen atoms in total. The zero-order valence-electron chi connectivity index (χ0n) is 18.7. The summed E-state index contributed by atoms with van der Waals surface area (Å²) in [5.74, 6) is -0.0625. The Bertz CT molecular complexity index is 935. The highest BCUT2D eigenvalue weighted by Crippen LogP contribution is 2.37. The van der Waals surface area contributed by atoms with Crippen molar-refractivity contribution in [2.24, 2.45) is 16.1 Å². The van der Waals surface area contributed by atoms with E-state index in [0.29, 0.717) is 12.5 Å². The van der Waals surface area contributed by atoms with Crippen LogP contribution in [0, 0.1) is 24.2 Å². The molecule has 0 bridgehead atoms. The summed E-state index contributed by atoms with van der Waals surface area (Å²) in [5.41, 5.74) is 4.98. The number of allylic oxidation sites excluding steroid dienone is 3. The van der Waals surface area contributed by atoms with Crippen LogP contribution in [0.3, 0.4) is 0 Å². The highest BCUT2D eigenvalue weighted by molar-refractivity contribution is 5.75. The predicted octanol–water partition coefficient (Wildman–Crippen LogP) is 8.03. The molecule has 30 heavy (non-hydrogen) atoms. The topological polar surface area (TPSA) is 51.8 Å². The number of hydrogen-bond acceptors (Lipinski definition) is 4. The Morgan fingerprint density at radius 2 is 1.87 bits per heavy atom. The zero-order valence-corrected chi connectivity index (χ0v) is 18.7. The molecule has 1 aliphatic rings. The van der Waals surface area contributed by atoms with Crippen molar-refractivity contribution < 1.29 is 0 Å². The maximum atomic E-state index is 9.01. The van der Waals surface area contributed by atoms with E-state index in [0.717, 1.165) is 34.7 Å². The smallest absolute Gasteiger partial charge is 0.110 e. The zero-order chi connectivity index (χ0) is 21.9. The first-order valence-corrected chi connectivity index (χ1v) is 10.8. The van der Waals surface area contributed by atoms with E-state index >= 15 is 0 Å². The average Bonchev–Trinajstić information content (AvgIpc) is 2.81. The predicted molar refractivity (Wildman–Crippen MR) is 126 cm³/mol. The third-order valence-electron chi connectivity index (χ3n) is 4.98. The molecule has 3 rings (SSSR count). The van der Waals surface area contributed by atoms with E-state index in [1.54, 1.807) is 0 Å². The van der Waals surface area contributed by atoms with Crippen molar-refractivity contribution in [3.8, 4) is 6.07 Å². The lowest BCUT2D eigenvalue weighted by molar-refractivity contribution is 0.688. The molecular weight excluding hydrogens is 368 g/mol. The number of azo groups is 1. The Morgan fingerprint density at radius 1 is 1.13 bits per heavy atom. The molecule has 0 radical (unpaired) electrons. The van der Waals surface area contributed by atoms with Gasteiger partial charge in [-0.2, -0.15) is 10.4 Å². The summed E-state index contributed by atoms with van der Waals surface area (Å²) < 4.78 is 0. The Morgan fingerprint density at radius 3 is 2.47 bits per heavy atom. The van der Waals surface area contributed by atoms with Crippen LogP contribution in [0.5, 0.6) is 0 Å². The van der Waals surface area contributed by atoms with Gasteiger partial charge in [-0.25, -0.2) is 0 Å². The Labute approximate surface area is 181 Å². The fourth-order valence-electron chi connectivity index (χ4n) is 3.21. The number of anilines is 2. The molecule has 0 spiro atoms. The SMILES string of the molecule is CC.CCC(C)N(c1ccccc1)c1ccc(C)cc1N=NC1=CCC(C#N)C=C1. The van der Waals surface area contributed by atoms with Gasteiger partial charge in [0.2, 0.25) is 0 Å². The van der Waals surface area contributed by atoms with Crippen LogP contribution in [-0.2, 0) is 0 Å². The minimum Gasteiger partial charge on any atom is -0.337 e. The van der Waals surface area contributed by atoms with Crippen molar-refractivity contribution in [3.63, 3.8) is 0 Å². The number of nitriles is 1. The maximum Gasteiger partial charge on any atom is 0.110 e. The molecule has 0 heterocycles. The van der Waals surface area contributed by atoms with Gasteiger partial charge in [0.1, 0.15) is 5.69 Å². The molecule has 0 aliphatic heterocycles. The second-order valence-corrected chi connectivity index (χ2v) is 7.11. The average molecular weight is 401 g/mol. The van der Waals surface area contributed by atoms with Crippen molar-refractivity contribution in [1.29, 1.82) is 5.26 Å². The first-order valence-electron chi connectivity index (χ1n) is 10.8. The molecule has 1 aliphatic carbocycles. The molecule has 4 heteroatoms. The van der Waals surface area contributed by atoms with E-state index in [2.05, 4.69) is 84.4 Å². The van der Waals surface area contributed by atoms with Crippen LogP contribution in [0.1, 0.15) is 46.1 Å². The first-order chi connectivity index (χ1) is 14.6. The molecule has 0 amide bonds. The molecule has 0 fully saturated rings. The van der Waals surface area contributed by atoms with Crippen molar-refractivity contribution in [1.82, 2.24) is 0 Å². The normalized spacial score (nSPS) is 16.3. The maximum absolute atomic E-state index is 9.01. The number of rotatable bonds is 6. The van der Waals surface area contributed by atoms with Crippen molar-refractivity contribution in [2.75, 3.05) is 4.90 Å². The molecule has 0 N–H and O–H groups in total. The van der Waals surface area contributed by atoms with Crippen LogP contribution in [0.15, 0.2) is 82.7 Å². The summed E-state index contributed by atoms with van der Waals surface area (Å²) in [7, 11) is 0. The van der Waals surface area contributed by atoms with Crippen molar-refractivity contribution in [2.45, 2.75) is 53.5 Å². The number of benzene rings is 2. The highest BCUT2D eigenvalue weighted by Gasteiger charge is 2.18. The van der Waals surface area contributed by atoms with Crippen molar-refractivity contribution in [3.05, 3.63) is 78.0 Å². The lowest BCUT2D eigenvalue weighted by atomic mass is 10.0. The monoisotopic (exact) mass is 400 g/mol. The summed E-state index contributed by atoms with van der Waals surface area (Å²) in [4.78, 5) is 2.32. The minimum absolute atomic E-state index is 0.0625. The summed E-state index contributed by atoms with van der Waals surface area (Å²) in [5, 5.41) is 18.0. The van der Waals surface area contributed by atoms with E-state index < -0.39 is 0 Å². The van der Waals surface area contributed by atoms with Crippen LogP contribution in [0.2, 0.25) is 0 Å². The summed E-state index contributed by atoms with van der Waals surface area (Å²) in [6, 6.07) is 19.3.